The van der Waals surface area contributed by atoms with Gasteiger partial charge in [0.2, 0.25) is 0 Å². The summed E-state index contributed by atoms with van der Waals surface area (Å²) in [6, 6.07) is 0. The molecule has 0 aromatic heterocycles. The summed E-state index contributed by atoms with van der Waals surface area (Å²) in [5.74, 6) is 0.469. The highest BCUT2D eigenvalue weighted by Gasteiger charge is 2.26. The van der Waals surface area contributed by atoms with Gasteiger partial charge in [0.05, 0.1) is 12.5 Å². The number of nitrogens with zero attached hydrogens (tertiary/aromatic N) is 1. The van der Waals surface area contributed by atoms with Crippen molar-refractivity contribution in [2.75, 3.05) is 19.6 Å². The Kier molecular flexibility index (Phi) is 4.45. The summed E-state index contributed by atoms with van der Waals surface area (Å²) in [6.07, 6.45) is 1.97. The quantitative estimate of drug-likeness (QED) is 0.509. The molecule has 2 unspecified atom stereocenters. The maximum atomic E-state index is 11.8. The first-order valence-corrected chi connectivity index (χ1v) is 5.75. The van der Waals surface area contributed by atoms with E-state index in [1.54, 1.807) is 0 Å². The van der Waals surface area contributed by atoms with Crippen molar-refractivity contribution < 1.29 is 9.59 Å². The predicted octanol–water partition coefficient (Wildman–Crippen LogP) is 1.37. The van der Waals surface area contributed by atoms with Crippen LogP contribution in [0.4, 0.5) is 0 Å². The molecule has 15 heavy (non-hydrogen) atoms. The zero-order chi connectivity index (χ0) is 11.4. The third kappa shape index (κ3) is 3.42. The van der Waals surface area contributed by atoms with Crippen molar-refractivity contribution >= 4 is 12.1 Å². The maximum Gasteiger partial charge on any atom is 0.157 e. The van der Waals surface area contributed by atoms with Crippen molar-refractivity contribution in [1.29, 1.82) is 0 Å². The van der Waals surface area contributed by atoms with Crippen LogP contribution in [0.2, 0.25) is 0 Å². The number of carbonyl (C=O) groups excluding carboxylic acids is 2. The second-order valence-corrected chi connectivity index (χ2v) is 5.00. The molecule has 1 aliphatic rings. The minimum atomic E-state index is -0.416. The molecular weight excluding hydrogens is 190 g/mol. The van der Waals surface area contributed by atoms with E-state index in [1.165, 1.54) is 6.42 Å². The van der Waals surface area contributed by atoms with Crippen LogP contribution in [0.5, 0.6) is 0 Å². The first-order valence-electron chi connectivity index (χ1n) is 5.75. The Labute approximate surface area is 91.8 Å². The van der Waals surface area contributed by atoms with E-state index in [0.29, 0.717) is 12.5 Å². The van der Waals surface area contributed by atoms with Crippen molar-refractivity contribution in [2.24, 2.45) is 17.8 Å². The number of ketones is 1. The van der Waals surface area contributed by atoms with Gasteiger partial charge in [0, 0.05) is 6.54 Å². The summed E-state index contributed by atoms with van der Waals surface area (Å²) in [5.41, 5.74) is 0. The number of Topliss-reactive ketones (excluding diaryl/α,β-unsaturated/α-hetero) is 1. The van der Waals surface area contributed by atoms with Crippen LogP contribution < -0.4 is 0 Å². The van der Waals surface area contributed by atoms with Crippen molar-refractivity contribution in [2.45, 2.75) is 27.2 Å². The molecule has 1 rings (SSSR count). The molecule has 0 aromatic rings. The fourth-order valence-electron chi connectivity index (χ4n) is 2.10. The Hall–Kier alpha value is -0.700. The van der Waals surface area contributed by atoms with Gasteiger partial charge in [0.25, 0.3) is 0 Å². The van der Waals surface area contributed by atoms with E-state index in [-0.39, 0.29) is 11.7 Å². The van der Waals surface area contributed by atoms with E-state index in [4.69, 9.17) is 0 Å². The third-order valence-electron chi connectivity index (χ3n) is 3.12. The minimum absolute atomic E-state index is 0.0779. The number of likely N-dealkylation sites (tertiary alicyclic amines) is 1. The molecule has 1 fully saturated rings. The van der Waals surface area contributed by atoms with Gasteiger partial charge in [-0.15, -0.1) is 0 Å². The lowest BCUT2D eigenvalue weighted by atomic mass is 9.93. The molecule has 1 heterocycles. The molecule has 86 valence electrons. The molecule has 3 nitrogen and oxygen atoms in total. The largest absolute Gasteiger partial charge is 0.303 e. The van der Waals surface area contributed by atoms with Crippen LogP contribution >= 0.6 is 0 Å². The predicted molar refractivity (Wildman–Crippen MR) is 59.6 cm³/mol. The number of hydrogen-bond acceptors (Lipinski definition) is 3. The van der Waals surface area contributed by atoms with Crippen LogP contribution in [0.3, 0.4) is 0 Å². The molecule has 0 bridgehead atoms. The lowest BCUT2D eigenvalue weighted by molar-refractivity contribution is -0.129. The number of rotatable bonds is 5. The highest BCUT2D eigenvalue weighted by atomic mass is 16.1. The highest BCUT2D eigenvalue weighted by Crippen LogP contribution is 2.16. The Bertz CT molecular complexity index is 238. The molecule has 1 aliphatic heterocycles. The van der Waals surface area contributed by atoms with Gasteiger partial charge in [-0.05, 0) is 24.8 Å². The molecule has 2 atom stereocenters. The molecule has 1 saturated heterocycles. The summed E-state index contributed by atoms with van der Waals surface area (Å²) in [4.78, 5) is 24.8. The van der Waals surface area contributed by atoms with E-state index >= 15 is 0 Å². The van der Waals surface area contributed by atoms with E-state index in [0.717, 1.165) is 19.4 Å². The lowest BCUT2D eigenvalue weighted by Gasteiger charge is -2.18. The second-order valence-electron chi connectivity index (χ2n) is 5.00. The first kappa shape index (κ1) is 12.4. The Morgan fingerprint density at radius 1 is 1.53 bits per heavy atom. The SMILES string of the molecule is CC1CCN(CC(=O)C(C=O)C(C)C)C1. The molecule has 0 spiro atoms. The average molecular weight is 211 g/mol. The number of aldehydes is 1. The molecule has 0 amide bonds. The van der Waals surface area contributed by atoms with Gasteiger partial charge >= 0.3 is 0 Å². The normalized spacial score (nSPS) is 24.4. The van der Waals surface area contributed by atoms with Crippen molar-refractivity contribution in [1.82, 2.24) is 4.90 Å². The summed E-state index contributed by atoms with van der Waals surface area (Å²) >= 11 is 0. The van der Waals surface area contributed by atoms with Crippen molar-refractivity contribution in [3.63, 3.8) is 0 Å². The Morgan fingerprint density at radius 2 is 2.20 bits per heavy atom. The second kappa shape index (κ2) is 5.40. The number of hydrogen-bond donors (Lipinski definition) is 0. The molecule has 0 radical (unpaired) electrons. The Balaban J connectivity index is 2.43. The maximum absolute atomic E-state index is 11.8. The monoisotopic (exact) mass is 211 g/mol. The van der Waals surface area contributed by atoms with Gasteiger partial charge in [-0.25, -0.2) is 0 Å². The van der Waals surface area contributed by atoms with E-state index < -0.39 is 5.92 Å². The summed E-state index contributed by atoms with van der Waals surface area (Å²) in [5, 5.41) is 0. The van der Waals surface area contributed by atoms with Gasteiger partial charge in [-0.3, -0.25) is 9.69 Å². The topological polar surface area (TPSA) is 37.4 Å². The van der Waals surface area contributed by atoms with Crippen LogP contribution in [0, 0.1) is 17.8 Å². The van der Waals surface area contributed by atoms with Crippen LogP contribution in [0.25, 0.3) is 0 Å². The third-order valence-corrected chi connectivity index (χ3v) is 3.12. The minimum Gasteiger partial charge on any atom is -0.303 e. The average Bonchev–Trinajstić information content (AvgIpc) is 2.51. The summed E-state index contributed by atoms with van der Waals surface area (Å²) < 4.78 is 0. The highest BCUT2D eigenvalue weighted by molar-refractivity contribution is 5.94. The van der Waals surface area contributed by atoms with Crippen LogP contribution in [0.15, 0.2) is 0 Å². The van der Waals surface area contributed by atoms with Crippen LogP contribution in [-0.4, -0.2) is 36.6 Å². The summed E-state index contributed by atoms with van der Waals surface area (Å²) in [7, 11) is 0. The lowest BCUT2D eigenvalue weighted by Crippen LogP contribution is -2.34. The fraction of sp³-hybridized carbons (Fsp3) is 0.833. The van der Waals surface area contributed by atoms with Gasteiger partial charge in [0.15, 0.2) is 5.78 Å². The molecular formula is C12H21NO2. The molecule has 0 N–H and O–H groups in total. The first-order chi connectivity index (χ1) is 7.04. The zero-order valence-corrected chi connectivity index (χ0v) is 9.90. The van der Waals surface area contributed by atoms with Gasteiger partial charge in [-0.1, -0.05) is 20.8 Å². The fourth-order valence-corrected chi connectivity index (χ4v) is 2.10. The molecule has 0 saturated carbocycles. The van der Waals surface area contributed by atoms with Gasteiger partial charge in [0.1, 0.15) is 6.29 Å². The smallest absolute Gasteiger partial charge is 0.157 e. The molecule has 3 heteroatoms. The zero-order valence-electron chi connectivity index (χ0n) is 9.90. The molecule has 0 aromatic carbocycles. The standard InChI is InChI=1S/C12H21NO2/c1-9(2)11(8-14)12(15)7-13-5-4-10(3)6-13/h8-11H,4-7H2,1-3H3. The molecule has 0 aliphatic carbocycles. The van der Waals surface area contributed by atoms with E-state index in [1.807, 2.05) is 13.8 Å². The van der Waals surface area contributed by atoms with Crippen molar-refractivity contribution in [3.8, 4) is 0 Å². The van der Waals surface area contributed by atoms with Crippen molar-refractivity contribution in [3.05, 3.63) is 0 Å². The van der Waals surface area contributed by atoms with Crippen LogP contribution in [0.1, 0.15) is 27.2 Å². The van der Waals surface area contributed by atoms with E-state index in [9.17, 15) is 9.59 Å². The Morgan fingerprint density at radius 3 is 2.60 bits per heavy atom. The van der Waals surface area contributed by atoms with Crippen LogP contribution in [-0.2, 0) is 9.59 Å². The number of carbonyl (C=O) groups is 2. The van der Waals surface area contributed by atoms with E-state index in [2.05, 4.69) is 11.8 Å². The van der Waals surface area contributed by atoms with Gasteiger partial charge in [-0.2, -0.15) is 0 Å². The summed E-state index contributed by atoms with van der Waals surface area (Å²) in [6.45, 7) is 8.48. The van der Waals surface area contributed by atoms with Gasteiger partial charge < -0.3 is 4.79 Å².